The molecule has 116 valence electrons. The van der Waals surface area contributed by atoms with Crippen molar-refractivity contribution in [3.63, 3.8) is 0 Å². The molecule has 0 aliphatic heterocycles. The Morgan fingerprint density at radius 3 is 2.40 bits per heavy atom. The van der Waals surface area contributed by atoms with Gasteiger partial charge in [0.15, 0.2) is 0 Å². The minimum Gasteiger partial charge on any atom is -0.312 e. The van der Waals surface area contributed by atoms with Crippen molar-refractivity contribution in [2.45, 2.75) is 63.3 Å². The maximum atomic E-state index is 12.4. The Bertz CT molecular complexity index is 505. The van der Waals surface area contributed by atoms with Crippen molar-refractivity contribution in [2.75, 3.05) is 6.54 Å². The molecular weight excluding hydrogens is 292 g/mol. The fourth-order valence-electron chi connectivity index (χ4n) is 1.76. The second-order valence-corrected chi connectivity index (χ2v) is 8.35. The van der Waals surface area contributed by atoms with Crippen LogP contribution in [0.25, 0.3) is 0 Å². The molecule has 0 fully saturated rings. The van der Waals surface area contributed by atoms with Crippen molar-refractivity contribution in [3.8, 4) is 0 Å². The molecule has 0 unspecified atom stereocenters. The van der Waals surface area contributed by atoms with Crippen LogP contribution in [0.15, 0.2) is 16.3 Å². The van der Waals surface area contributed by atoms with E-state index in [1.54, 1.807) is 6.07 Å². The highest BCUT2D eigenvalue weighted by molar-refractivity contribution is 7.91. The minimum atomic E-state index is -3.41. The Balaban J connectivity index is 2.78. The van der Waals surface area contributed by atoms with Gasteiger partial charge in [-0.2, -0.15) is 0 Å². The minimum absolute atomic E-state index is 0.372. The molecule has 0 radical (unpaired) electrons. The molecule has 0 atom stereocenters. The molecule has 0 saturated heterocycles. The topological polar surface area (TPSA) is 58.2 Å². The van der Waals surface area contributed by atoms with E-state index in [1.165, 1.54) is 11.3 Å². The third kappa shape index (κ3) is 4.84. The van der Waals surface area contributed by atoms with Gasteiger partial charge in [0.25, 0.3) is 10.0 Å². The second-order valence-electron chi connectivity index (χ2n) is 5.27. The Morgan fingerprint density at radius 2 is 1.85 bits per heavy atom. The van der Waals surface area contributed by atoms with Crippen molar-refractivity contribution < 1.29 is 8.42 Å². The summed E-state index contributed by atoms with van der Waals surface area (Å²) in [4.78, 5) is 1.05. The zero-order chi connectivity index (χ0) is 15.2. The van der Waals surface area contributed by atoms with Crippen molar-refractivity contribution in [1.29, 1.82) is 0 Å². The number of nitrogens with one attached hydrogen (secondary N) is 2. The normalized spacial score (nSPS) is 12.8. The summed E-state index contributed by atoms with van der Waals surface area (Å²) in [6.45, 7) is 9.73. The Labute approximate surface area is 127 Å². The van der Waals surface area contributed by atoms with E-state index in [0.29, 0.717) is 4.21 Å². The lowest BCUT2D eigenvalue weighted by Gasteiger charge is -2.27. The standard InChI is InChI=1S/C14H26N2O2S2/c1-5-10-15-11-12-8-9-13(19-12)20(17,18)16-14(4,6-2)7-3/h8-9,15-16H,5-7,10-11H2,1-4H3. The second kappa shape index (κ2) is 7.54. The lowest BCUT2D eigenvalue weighted by atomic mass is 9.98. The average molecular weight is 319 g/mol. The number of hydrogen-bond donors (Lipinski definition) is 2. The third-order valence-electron chi connectivity index (χ3n) is 3.57. The summed E-state index contributed by atoms with van der Waals surface area (Å²) in [6, 6.07) is 3.58. The molecule has 1 rings (SSSR count). The van der Waals surface area contributed by atoms with Crippen molar-refractivity contribution in [1.82, 2.24) is 10.0 Å². The molecule has 0 bridgehead atoms. The lowest BCUT2D eigenvalue weighted by molar-refractivity contribution is 0.389. The summed E-state index contributed by atoms with van der Waals surface area (Å²) in [5.74, 6) is 0. The zero-order valence-electron chi connectivity index (χ0n) is 12.8. The molecule has 0 aromatic carbocycles. The molecule has 1 aromatic rings. The molecule has 0 saturated carbocycles. The Morgan fingerprint density at radius 1 is 1.20 bits per heavy atom. The summed E-state index contributed by atoms with van der Waals surface area (Å²) in [5.41, 5.74) is -0.372. The van der Waals surface area contributed by atoms with Gasteiger partial charge in [0.1, 0.15) is 4.21 Å². The van der Waals surface area contributed by atoms with Gasteiger partial charge in [0.2, 0.25) is 0 Å². The first-order valence-corrected chi connectivity index (χ1v) is 9.50. The van der Waals surface area contributed by atoms with Crippen molar-refractivity contribution >= 4 is 21.4 Å². The molecule has 1 aromatic heterocycles. The van der Waals surface area contributed by atoms with Crippen LogP contribution in [0.4, 0.5) is 0 Å². The predicted octanol–water partition coefficient (Wildman–Crippen LogP) is 3.10. The molecule has 0 aliphatic carbocycles. The van der Waals surface area contributed by atoms with Crippen LogP contribution in [-0.2, 0) is 16.6 Å². The van der Waals surface area contributed by atoms with E-state index in [9.17, 15) is 8.42 Å². The van der Waals surface area contributed by atoms with Gasteiger partial charge in [-0.1, -0.05) is 20.8 Å². The number of sulfonamides is 1. The monoisotopic (exact) mass is 318 g/mol. The fourth-order valence-corrected chi connectivity index (χ4v) is 4.63. The third-order valence-corrected chi connectivity index (χ3v) is 6.78. The lowest BCUT2D eigenvalue weighted by Crippen LogP contribution is -2.44. The van der Waals surface area contributed by atoms with Crippen LogP contribution in [0.2, 0.25) is 0 Å². The van der Waals surface area contributed by atoms with E-state index in [4.69, 9.17) is 0 Å². The van der Waals surface area contributed by atoms with Gasteiger partial charge in [-0.15, -0.1) is 11.3 Å². The summed E-state index contributed by atoms with van der Waals surface area (Å²) in [5, 5.41) is 3.28. The highest BCUT2D eigenvalue weighted by atomic mass is 32.2. The van der Waals surface area contributed by atoms with E-state index in [-0.39, 0.29) is 5.54 Å². The maximum Gasteiger partial charge on any atom is 0.250 e. The number of rotatable bonds is 9. The molecule has 1 heterocycles. The first kappa shape index (κ1) is 17.6. The largest absolute Gasteiger partial charge is 0.312 e. The first-order chi connectivity index (χ1) is 9.37. The van der Waals surface area contributed by atoms with E-state index in [1.807, 2.05) is 26.8 Å². The van der Waals surface area contributed by atoms with Gasteiger partial charge < -0.3 is 5.32 Å². The molecule has 4 nitrogen and oxygen atoms in total. The molecule has 6 heteroatoms. The predicted molar refractivity (Wildman–Crippen MR) is 85.6 cm³/mol. The van der Waals surface area contributed by atoms with Crippen LogP contribution in [0.3, 0.4) is 0 Å². The van der Waals surface area contributed by atoms with E-state index >= 15 is 0 Å². The smallest absolute Gasteiger partial charge is 0.250 e. The van der Waals surface area contributed by atoms with Gasteiger partial charge in [-0.3, -0.25) is 0 Å². The van der Waals surface area contributed by atoms with Crippen LogP contribution < -0.4 is 10.0 Å². The molecule has 0 amide bonds. The molecular formula is C14H26N2O2S2. The summed E-state index contributed by atoms with van der Waals surface area (Å²) in [6.07, 6.45) is 2.63. The van der Waals surface area contributed by atoms with Crippen LogP contribution in [0, 0.1) is 0 Å². The van der Waals surface area contributed by atoms with Gasteiger partial charge in [0.05, 0.1) is 0 Å². The highest BCUT2D eigenvalue weighted by Gasteiger charge is 2.28. The van der Waals surface area contributed by atoms with Gasteiger partial charge in [0, 0.05) is 17.0 Å². The van der Waals surface area contributed by atoms with Crippen LogP contribution in [-0.4, -0.2) is 20.5 Å². The number of hydrogen-bond acceptors (Lipinski definition) is 4. The Hall–Kier alpha value is -0.430. The van der Waals surface area contributed by atoms with Crippen LogP contribution in [0.1, 0.15) is 51.8 Å². The zero-order valence-corrected chi connectivity index (χ0v) is 14.5. The van der Waals surface area contributed by atoms with Gasteiger partial charge in [-0.25, -0.2) is 13.1 Å². The summed E-state index contributed by atoms with van der Waals surface area (Å²) >= 11 is 1.34. The van der Waals surface area contributed by atoms with Gasteiger partial charge >= 0.3 is 0 Å². The summed E-state index contributed by atoms with van der Waals surface area (Å²) < 4.78 is 28.0. The molecule has 0 spiro atoms. The average Bonchev–Trinajstić information content (AvgIpc) is 2.88. The number of thiophene rings is 1. The maximum absolute atomic E-state index is 12.4. The Kier molecular flexibility index (Phi) is 6.64. The van der Waals surface area contributed by atoms with Crippen molar-refractivity contribution in [2.24, 2.45) is 0 Å². The van der Waals surface area contributed by atoms with Crippen LogP contribution >= 0.6 is 11.3 Å². The molecule has 0 aliphatic rings. The quantitative estimate of drug-likeness (QED) is 0.688. The van der Waals surface area contributed by atoms with Crippen molar-refractivity contribution in [3.05, 3.63) is 17.0 Å². The first-order valence-electron chi connectivity index (χ1n) is 7.20. The van der Waals surface area contributed by atoms with E-state index in [0.717, 1.165) is 37.2 Å². The SMILES string of the molecule is CCCNCc1ccc(S(=O)(=O)NC(C)(CC)CC)s1. The van der Waals surface area contributed by atoms with E-state index < -0.39 is 10.0 Å². The molecule has 2 N–H and O–H groups in total. The van der Waals surface area contributed by atoms with Crippen LogP contribution in [0.5, 0.6) is 0 Å². The summed E-state index contributed by atoms with van der Waals surface area (Å²) in [7, 11) is -3.41. The fraction of sp³-hybridized carbons (Fsp3) is 0.714. The van der Waals surface area contributed by atoms with Gasteiger partial charge in [-0.05, 0) is 44.9 Å². The highest BCUT2D eigenvalue weighted by Crippen LogP contribution is 2.24. The van der Waals surface area contributed by atoms with E-state index in [2.05, 4.69) is 17.0 Å². The molecule has 20 heavy (non-hydrogen) atoms.